The van der Waals surface area contributed by atoms with Crippen molar-refractivity contribution in [1.29, 1.82) is 0 Å². The van der Waals surface area contributed by atoms with Crippen LogP contribution in [0.2, 0.25) is 0 Å². The maximum atomic E-state index is 12.2. The van der Waals surface area contributed by atoms with Gasteiger partial charge in [-0.25, -0.2) is 0 Å². The Kier molecular flexibility index (Phi) is 4.72. The summed E-state index contributed by atoms with van der Waals surface area (Å²) in [5, 5.41) is 5.61. The first-order valence-corrected chi connectivity index (χ1v) is 6.79. The summed E-state index contributed by atoms with van der Waals surface area (Å²) in [5.74, 6) is -0.330. The van der Waals surface area contributed by atoms with Crippen LogP contribution in [0.5, 0.6) is 0 Å². The van der Waals surface area contributed by atoms with E-state index in [1.165, 1.54) is 6.92 Å². The molecule has 2 amide bonds. The van der Waals surface area contributed by atoms with Crippen LogP contribution in [0.4, 0.5) is 5.69 Å². The van der Waals surface area contributed by atoms with E-state index in [1.807, 2.05) is 37.3 Å². The normalized spacial score (nSPS) is 11.5. The Balaban J connectivity index is 2.08. The van der Waals surface area contributed by atoms with Crippen molar-refractivity contribution in [2.75, 3.05) is 5.32 Å². The van der Waals surface area contributed by atoms with E-state index >= 15 is 0 Å². The summed E-state index contributed by atoms with van der Waals surface area (Å²) in [6, 6.07) is 16.6. The fraction of sp³-hybridized carbons (Fsp3) is 0.176. The number of anilines is 1. The Morgan fingerprint density at radius 3 is 2.38 bits per heavy atom. The van der Waals surface area contributed by atoms with Gasteiger partial charge in [0, 0.05) is 18.2 Å². The van der Waals surface area contributed by atoms with Crippen LogP contribution < -0.4 is 10.6 Å². The van der Waals surface area contributed by atoms with Gasteiger partial charge in [-0.15, -0.1) is 0 Å². The largest absolute Gasteiger partial charge is 0.346 e. The molecule has 0 unspecified atom stereocenters. The SMILES string of the molecule is CC(=O)Nc1cccc(C(=O)N[C@H](C)c2ccccc2)c1. The van der Waals surface area contributed by atoms with Crippen molar-refractivity contribution in [1.82, 2.24) is 5.32 Å². The molecule has 108 valence electrons. The third kappa shape index (κ3) is 4.18. The average molecular weight is 282 g/mol. The number of rotatable bonds is 4. The van der Waals surface area contributed by atoms with Crippen LogP contribution >= 0.6 is 0 Å². The van der Waals surface area contributed by atoms with Gasteiger partial charge in [0.2, 0.25) is 5.91 Å². The Labute approximate surface area is 124 Å². The van der Waals surface area contributed by atoms with E-state index in [0.29, 0.717) is 11.3 Å². The van der Waals surface area contributed by atoms with E-state index in [-0.39, 0.29) is 17.9 Å². The van der Waals surface area contributed by atoms with Gasteiger partial charge in [0.15, 0.2) is 0 Å². The molecule has 0 bridgehead atoms. The van der Waals surface area contributed by atoms with Crippen LogP contribution in [0, 0.1) is 0 Å². The maximum Gasteiger partial charge on any atom is 0.251 e. The molecule has 0 heterocycles. The molecular formula is C17H18N2O2. The van der Waals surface area contributed by atoms with Gasteiger partial charge in [-0.05, 0) is 30.7 Å². The van der Waals surface area contributed by atoms with Gasteiger partial charge in [-0.2, -0.15) is 0 Å². The average Bonchev–Trinajstić information content (AvgIpc) is 2.47. The van der Waals surface area contributed by atoms with Crippen molar-refractivity contribution >= 4 is 17.5 Å². The minimum Gasteiger partial charge on any atom is -0.346 e. The van der Waals surface area contributed by atoms with Crippen molar-refractivity contribution in [3.63, 3.8) is 0 Å². The van der Waals surface area contributed by atoms with Crippen LogP contribution in [-0.2, 0) is 4.79 Å². The van der Waals surface area contributed by atoms with E-state index in [1.54, 1.807) is 24.3 Å². The van der Waals surface area contributed by atoms with Gasteiger partial charge < -0.3 is 10.6 Å². The molecule has 0 saturated heterocycles. The molecule has 2 aromatic rings. The maximum absolute atomic E-state index is 12.2. The van der Waals surface area contributed by atoms with Crippen molar-refractivity contribution in [3.05, 3.63) is 65.7 Å². The lowest BCUT2D eigenvalue weighted by atomic mass is 10.1. The molecule has 4 heteroatoms. The number of carbonyl (C=O) groups excluding carboxylic acids is 2. The monoisotopic (exact) mass is 282 g/mol. The topological polar surface area (TPSA) is 58.2 Å². The number of hydrogen-bond acceptors (Lipinski definition) is 2. The summed E-state index contributed by atoms with van der Waals surface area (Å²) in [4.78, 5) is 23.3. The first-order chi connectivity index (χ1) is 10.1. The second kappa shape index (κ2) is 6.70. The smallest absolute Gasteiger partial charge is 0.251 e. The van der Waals surface area contributed by atoms with Gasteiger partial charge in [-0.1, -0.05) is 36.4 Å². The second-order valence-electron chi connectivity index (χ2n) is 4.87. The van der Waals surface area contributed by atoms with Crippen LogP contribution in [0.1, 0.15) is 35.8 Å². The highest BCUT2D eigenvalue weighted by molar-refractivity contribution is 5.96. The van der Waals surface area contributed by atoms with Crippen LogP contribution in [0.25, 0.3) is 0 Å². The van der Waals surface area contributed by atoms with E-state index in [0.717, 1.165) is 5.56 Å². The Morgan fingerprint density at radius 2 is 1.71 bits per heavy atom. The highest BCUT2D eigenvalue weighted by atomic mass is 16.2. The standard InChI is InChI=1S/C17H18N2O2/c1-12(14-7-4-3-5-8-14)18-17(21)15-9-6-10-16(11-15)19-13(2)20/h3-12H,1-2H3,(H,18,21)(H,19,20)/t12-/m1/s1. The molecule has 0 aliphatic heterocycles. The highest BCUT2D eigenvalue weighted by Gasteiger charge is 2.11. The lowest BCUT2D eigenvalue weighted by Gasteiger charge is -2.14. The fourth-order valence-corrected chi connectivity index (χ4v) is 2.05. The fourth-order valence-electron chi connectivity index (χ4n) is 2.05. The zero-order valence-corrected chi connectivity index (χ0v) is 12.1. The quantitative estimate of drug-likeness (QED) is 0.905. The van der Waals surface area contributed by atoms with Gasteiger partial charge in [0.05, 0.1) is 6.04 Å². The Morgan fingerprint density at radius 1 is 1.00 bits per heavy atom. The molecule has 21 heavy (non-hydrogen) atoms. The molecule has 0 spiro atoms. The zero-order chi connectivity index (χ0) is 15.2. The molecular weight excluding hydrogens is 264 g/mol. The minimum absolute atomic E-state index is 0.0804. The van der Waals surface area contributed by atoms with E-state index in [2.05, 4.69) is 10.6 Å². The molecule has 1 atom stereocenters. The predicted molar refractivity (Wildman–Crippen MR) is 83.1 cm³/mol. The Bertz CT molecular complexity index is 638. The summed E-state index contributed by atoms with van der Waals surface area (Å²) in [6.45, 7) is 3.37. The molecule has 0 saturated carbocycles. The number of amides is 2. The summed E-state index contributed by atoms with van der Waals surface area (Å²) < 4.78 is 0. The molecule has 0 aliphatic carbocycles. The molecule has 2 rings (SSSR count). The third-order valence-electron chi connectivity index (χ3n) is 3.09. The molecule has 2 aromatic carbocycles. The van der Waals surface area contributed by atoms with E-state index < -0.39 is 0 Å². The first-order valence-electron chi connectivity index (χ1n) is 6.79. The molecule has 0 fully saturated rings. The third-order valence-corrected chi connectivity index (χ3v) is 3.09. The molecule has 0 radical (unpaired) electrons. The Hall–Kier alpha value is -2.62. The van der Waals surface area contributed by atoms with Crippen LogP contribution in [0.3, 0.4) is 0 Å². The molecule has 0 aliphatic rings. The van der Waals surface area contributed by atoms with Gasteiger partial charge >= 0.3 is 0 Å². The number of carbonyl (C=O) groups is 2. The van der Waals surface area contributed by atoms with E-state index in [9.17, 15) is 9.59 Å². The number of benzene rings is 2. The van der Waals surface area contributed by atoms with Crippen molar-refractivity contribution in [3.8, 4) is 0 Å². The highest BCUT2D eigenvalue weighted by Crippen LogP contribution is 2.14. The summed E-state index contributed by atoms with van der Waals surface area (Å²) >= 11 is 0. The zero-order valence-electron chi connectivity index (χ0n) is 12.1. The summed E-state index contributed by atoms with van der Waals surface area (Å²) in [6.07, 6.45) is 0. The summed E-state index contributed by atoms with van der Waals surface area (Å²) in [7, 11) is 0. The lowest BCUT2D eigenvalue weighted by molar-refractivity contribution is -0.114. The van der Waals surface area contributed by atoms with Crippen LogP contribution in [0.15, 0.2) is 54.6 Å². The second-order valence-corrected chi connectivity index (χ2v) is 4.87. The molecule has 2 N–H and O–H groups in total. The van der Waals surface area contributed by atoms with Gasteiger partial charge in [-0.3, -0.25) is 9.59 Å². The first kappa shape index (κ1) is 14.8. The summed E-state index contributed by atoms with van der Waals surface area (Å²) in [5.41, 5.74) is 2.18. The van der Waals surface area contributed by atoms with E-state index in [4.69, 9.17) is 0 Å². The molecule has 4 nitrogen and oxygen atoms in total. The van der Waals surface area contributed by atoms with Crippen LogP contribution in [-0.4, -0.2) is 11.8 Å². The van der Waals surface area contributed by atoms with Crippen molar-refractivity contribution in [2.45, 2.75) is 19.9 Å². The number of hydrogen-bond donors (Lipinski definition) is 2. The number of nitrogens with one attached hydrogen (secondary N) is 2. The van der Waals surface area contributed by atoms with Gasteiger partial charge in [0.1, 0.15) is 0 Å². The molecule has 0 aromatic heterocycles. The van der Waals surface area contributed by atoms with Gasteiger partial charge in [0.25, 0.3) is 5.91 Å². The van der Waals surface area contributed by atoms with Crippen molar-refractivity contribution in [2.24, 2.45) is 0 Å². The van der Waals surface area contributed by atoms with Crippen molar-refractivity contribution < 1.29 is 9.59 Å². The minimum atomic E-state index is -0.168. The lowest BCUT2D eigenvalue weighted by Crippen LogP contribution is -2.26. The predicted octanol–water partition coefficient (Wildman–Crippen LogP) is 3.14.